The Morgan fingerprint density at radius 1 is 0.844 bits per heavy atom. The molecule has 4 aromatic carbocycles. The summed E-state index contributed by atoms with van der Waals surface area (Å²) in [6.45, 7) is 2.09. The molecule has 1 heterocycles. The molecule has 0 unspecified atom stereocenters. The van der Waals surface area contributed by atoms with Gasteiger partial charge in [0.15, 0.2) is 0 Å². The Hall–Kier alpha value is -3.76. The first kappa shape index (κ1) is 20.2. The second-order valence-corrected chi connectivity index (χ2v) is 8.91. The van der Waals surface area contributed by atoms with Gasteiger partial charge in [-0.3, -0.25) is 4.79 Å². The average Bonchev–Trinajstić information content (AvgIpc) is 3.24. The fourth-order valence-corrected chi connectivity index (χ4v) is 4.73. The number of fused-ring (bicyclic) bond motifs is 1. The van der Waals surface area contributed by atoms with E-state index in [1.165, 1.54) is 21.4 Å². The summed E-state index contributed by atoms with van der Waals surface area (Å²) in [5.41, 5.74) is 7.15. The van der Waals surface area contributed by atoms with Crippen LogP contribution in [0.1, 0.15) is 27.0 Å². The number of aromatic nitrogens is 1. The molecule has 5 aromatic rings. The van der Waals surface area contributed by atoms with E-state index in [1.54, 1.807) is 11.3 Å². The molecule has 0 aliphatic heterocycles. The van der Waals surface area contributed by atoms with Gasteiger partial charge in [0, 0.05) is 16.8 Å². The fraction of sp³-hybridized carbons (Fsp3) is 0.0714. The van der Waals surface area contributed by atoms with Crippen LogP contribution in [0.25, 0.3) is 20.8 Å². The molecule has 1 N–H and O–H groups in total. The number of rotatable bonds is 5. The quantitative estimate of drug-likeness (QED) is 0.320. The fourth-order valence-electron chi connectivity index (χ4n) is 3.66. The van der Waals surface area contributed by atoms with Crippen molar-refractivity contribution in [2.75, 3.05) is 5.32 Å². The van der Waals surface area contributed by atoms with Gasteiger partial charge in [-0.15, -0.1) is 11.3 Å². The largest absolute Gasteiger partial charge is 0.322 e. The van der Waals surface area contributed by atoms with Crippen LogP contribution in [0.5, 0.6) is 0 Å². The lowest BCUT2D eigenvalue weighted by molar-refractivity contribution is 0.102. The number of hydrogen-bond donors (Lipinski definition) is 1. The summed E-state index contributed by atoms with van der Waals surface area (Å²) in [5.74, 6) is -0.112. The van der Waals surface area contributed by atoms with Gasteiger partial charge in [0.1, 0.15) is 5.01 Å². The van der Waals surface area contributed by atoms with E-state index in [9.17, 15) is 4.79 Å². The van der Waals surface area contributed by atoms with Crippen molar-refractivity contribution in [1.29, 1.82) is 0 Å². The molecular weight excluding hydrogens is 412 g/mol. The Labute approximate surface area is 191 Å². The van der Waals surface area contributed by atoms with E-state index in [1.807, 2.05) is 66.7 Å². The van der Waals surface area contributed by atoms with Crippen molar-refractivity contribution in [1.82, 2.24) is 4.98 Å². The van der Waals surface area contributed by atoms with Crippen LogP contribution < -0.4 is 5.32 Å². The van der Waals surface area contributed by atoms with Crippen molar-refractivity contribution in [3.05, 3.63) is 119 Å². The van der Waals surface area contributed by atoms with Crippen LogP contribution in [0.2, 0.25) is 0 Å². The number of thiazole rings is 1. The average molecular weight is 435 g/mol. The van der Waals surface area contributed by atoms with Crippen LogP contribution in [0, 0.1) is 6.92 Å². The molecule has 1 amide bonds. The number of aryl methyl sites for hydroxylation is 1. The standard InChI is InChI=1S/C28H22N2OS/c1-19-7-16-25-26(17-19)32-28(30-25)23-12-14-24(15-13-23)29-27(31)22-10-8-21(9-11-22)18-20-5-3-2-4-6-20/h2-17H,18H2,1H3,(H,29,31). The van der Waals surface area contributed by atoms with Gasteiger partial charge in [-0.1, -0.05) is 48.5 Å². The highest BCUT2D eigenvalue weighted by atomic mass is 32.1. The van der Waals surface area contributed by atoms with Gasteiger partial charge in [-0.05, 0) is 78.6 Å². The van der Waals surface area contributed by atoms with Crippen LogP contribution in [0.15, 0.2) is 97.1 Å². The Bertz CT molecular complexity index is 1370. The zero-order chi connectivity index (χ0) is 21.9. The van der Waals surface area contributed by atoms with E-state index >= 15 is 0 Å². The predicted molar refractivity (Wildman–Crippen MR) is 133 cm³/mol. The smallest absolute Gasteiger partial charge is 0.255 e. The van der Waals surface area contributed by atoms with Gasteiger partial charge < -0.3 is 5.32 Å². The molecule has 0 aliphatic rings. The monoisotopic (exact) mass is 434 g/mol. The molecule has 1 aromatic heterocycles. The molecular formula is C28H22N2OS. The van der Waals surface area contributed by atoms with Crippen molar-refractivity contribution in [3.8, 4) is 10.6 Å². The number of carbonyl (C=O) groups is 1. The van der Waals surface area contributed by atoms with E-state index in [2.05, 4.69) is 42.6 Å². The molecule has 0 radical (unpaired) electrons. The predicted octanol–water partition coefficient (Wildman–Crippen LogP) is 7.11. The second kappa shape index (κ2) is 8.77. The first-order valence-electron chi connectivity index (χ1n) is 10.6. The molecule has 0 fully saturated rings. The number of hydrogen-bond acceptors (Lipinski definition) is 3. The zero-order valence-corrected chi connectivity index (χ0v) is 18.5. The maximum Gasteiger partial charge on any atom is 0.255 e. The van der Waals surface area contributed by atoms with E-state index in [4.69, 9.17) is 4.98 Å². The van der Waals surface area contributed by atoms with Crippen LogP contribution in [0.3, 0.4) is 0 Å². The highest BCUT2D eigenvalue weighted by molar-refractivity contribution is 7.21. The summed E-state index contributed by atoms with van der Waals surface area (Å²) in [6, 6.07) is 32.3. The van der Waals surface area contributed by atoms with Gasteiger partial charge in [0.05, 0.1) is 10.2 Å². The summed E-state index contributed by atoms with van der Waals surface area (Å²) < 4.78 is 1.19. The minimum atomic E-state index is -0.112. The van der Waals surface area contributed by atoms with Gasteiger partial charge >= 0.3 is 0 Å². The molecule has 32 heavy (non-hydrogen) atoms. The van der Waals surface area contributed by atoms with Crippen molar-refractivity contribution in [2.24, 2.45) is 0 Å². The zero-order valence-electron chi connectivity index (χ0n) is 17.7. The van der Waals surface area contributed by atoms with Crippen molar-refractivity contribution in [2.45, 2.75) is 13.3 Å². The maximum atomic E-state index is 12.7. The van der Waals surface area contributed by atoms with Crippen molar-refractivity contribution < 1.29 is 4.79 Å². The molecule has 4 heteroatoms. The lowest BCUT2D eigenvalue weighted by Crippen LogP contribution is -2.11. The lowest BCUT2D eigenvalue weighted by atomic mass is 10.0. The summed E-state index contributed by atoms with van der Waals surface area (Å²) in [4.78, 5) is 17.4. The summed E-state index contributed by atoms with van der Waals surface area (Å²) in [6.07, 6.45) is 0.857. The van der Waals surface area contributed by atoms with Crippen LogP contribution >= 0.6 is 11.3 Å². The van der Waals surface area contributed by atoms with E-state index in [-0.39, 0.29) is 5.91 Å². The molecule has 0 atom stereocenters. The third kappa shape index (κ3) is 4.46. The molecule has 0 aliphatic carbocycles. The minimum Gasteiger partial charge on any atom is -0.322 e. The highest BCUT2D eigenvalue weighted by Gasteiger charge is 2.09. The number of anilines is 1. The number of nitrogens with zero attached hydrogens (tertiary/aromatic N) is 1. The number of benzene rings is 4. The first-order valence-corrected chi connectivity index (χ1v) is 11.4. The van der Waals surface area contributed by atoms with Crippen molar-refractivity contribution in [3.63, 3.8) is 0 Å². The first-order chi connectivity index (χ1) is 15.6. The molecule has 0 saturated heterocycles. The topological polar surface area (TPSA) is 42.0 Å². The third-order valence-corrected chi connectivity index (χ3v) is 6.47. The summed E-state index contributed by atoms with van der Waals surface area (Å²) in [5, 5.41) is 3.97. The SMILES string of the molecule is Cc1ccc2nc(-c3ccc(NC(=O)c4ccc(Cc5ccccc5)cc4)cc3)sc2c1. The second-order valence-electron chi connectivity index (χ2n) is 7.88. The molecule has 0 bridgehead atoms. The van der Waals surface area contributed by atoms with Crippen LogP contribution in [-0.2, 0) is 6.42 Å². The Kier molecular flexibility index (Phi) is 5.53. The number of nitrogens with one attached hydrogen (secondary N) is 1. The maximum absolute atomic E-state index is 12.7. The number of carbonyl (C=O) groups excluding carboxylic acids is 1. The van der Waals surface area contributed by atoms with E-state index in [0.717, 1.165) is 28.2 Å². The molecule has 5 rings (SSSR count). The Morgan fingerprint density at radius 2 is 1.56 bits per heavy atom. The van der Waals surface area contributed by atoms with Crippen LogP contribution in [0.4, 0.5) is 5.69 Å². The third-order valence-electron chi connectivity index (χ3n) is 5.40. The molecule has 0 spiro atoms. The summed E-state index contributed by atoms with van der Waals surface area (Å²) >= 11 is 1.68. The lowest BCUT2D eigenvalue weighted by Gasteiger charge is -2.07. The van der Waals surface area contributed by atoms with Crippen LogP contribution in [-0.4, -0.2) is 10.9 Å². The molecule has 3 nitrogen and oxygen atoms in total. The van der Waals surface area contributed by atoms with E-state index in [0.29, 0.717) is 5.56 Å². The van der Waals surface area contributed by atoms with E-state index < -0.39 is 0 Å². The van der Waals surface area contributed by atoms with Gasteiger partial charge in [-0.2, -0.15) is 0 Å². The minimum absolute atomic E-state index is 0.112. The van der Waals surface area contributed by atoms with Gasteiger partial charge in [0.2, 0.25) is 0 Å². The normalized spacial score (nSPS) is 10.9. The van der Waals surface area contributed by atoms with Crippen molar-refractivity contribution >= 4 is 33.1 Å². The van der Waals surface area contributed by atoms with Gasteiger partial charge in [0.25, 0.3) is 5.91 Å². The molecule has 156 valence electrons. The molecule has 0 saturated carbocycles. The summed E-state index contributed by atoms with van der Waals surface area (Å²) in [7, 11) is 0. The highest BCUT2D eigenvalue weighted by Crippen LogP contribution is 2.31. The Balaban J connectivity index is 1.26. The van der Waals surface area contributed by atoms with Gasteiger partial charge in [-0.25, -0.2) is 4.98 Å². The number of amides is 1. The Morgan fingerprint density at radius 3 is 2.31 bits per heavy atom.